The van der Waals surface area contributed by atoms with Gasteiger partial charge in [0.1, 0.15) is 0 Å². The quantitative estimate of drug-likeness (QED) is 0.512. The zero-order valence-corrected chi connectivity index (χ0v) is 7.68. The lowest BCUT2D eigenvalue weighted by atomic mass is 10.2. The molecule has 0 atom stereocenters. The van der Waals surface area contributed by atoms with Crippen molar-refractivity contribution in [2.75, 3.05) is 7.05 Å². The van der Waals surface area contributed by atoms with Gasteiger partial charge in [-0.15, -0.1) is 0 Å². The van der Waals surface area contributed by atoms with Gasteiger partial charge < -0.3 is 4.90 Å². The van der Waals surface area contributed by atoms with E-state index in [-0.39, 0.29) is 0 Å². The van der Waals surface area contributed by atoms with Crippen molar-refractivity contribution in [3.63, 3.8) is 0 Å². The Bertz CT molecular complexity index is 244. The maximum Gasteiger partial charge on any atom is 0.0169 e. The van der Waals surface area contributed by atoms with Crippen LogP contribution < -0.4 is 0 Å². The summed E-state index contributed by atoms with van der Waals surface area (Å²) < 4.78 is 0. The zero-order chi connectivity index (χ0) is 8.43. The fraction of sp³-hybridized carbons (Fsp3) is 0.400. The molecule has 1 rings (SSSR count). The summed E-state index contributed by atoms with van der Waals surface area (Å²) in [6, 6.07) is 0. The molecule has 1 nitrogen and oxygen atoms in total. The van der Waals surface area contributed by atoms with Crippen LogP contribution in [0.25, 0.3) is 0 Å². The van der Waals surface area contributed by atoms with E-state index in [9.17, 15) is 0 Å². The highest BCUT2D eigenvalue weighted by Gasteiger charge is 2.01. The van der Waals surface area contributed by atoms with E-state index in [0.29, 0.717) is 0 Å². The highest BCUT2D eigenvalue weighted by Crippen LogP contribution is 2.15. The van der Waals surface area contributed by atoms with Crippen LogP contribution in [0.3, 0.4) is 0 Å². The fourth-order valence-electron chi connectivity index (χ4n) is 1.10. The molecule has 0 radical (unpaired) electrons. The van der Waals surface area contributed by atoms with E-state index < -0.39 is 0 Å². The Morgan fingerprint density at radius 1 is 1.09 bits per heavy atom. The number of allylic oxidation sites excluding steroid dienone is 5. The van der Waals surface area contributed by atoms with Crippen LogP contribution in [-0.2, 0) is 0 Å². The minimum absolute atomic E-state index is 1.30. The Kier molecular flexibility index (Phi) is 2.18. The summed E-state index contributed by atoms with van der Waals surface area (Å²) in [6.07, 6.45) is 6.44. The molecule has 0 saturated heterocycles. The topological polar surface area (TPSA) is 3.24 Å². The van der Waals surface area contributed by atoms with E-state index >= 15 is 0 Å². The smallest absolute Gasteiger partial charge is 0.0169 e. The predicted octanol–water partition coefficient (Wildman–Crippen LogP) is 2.69. The normalized spacial score (nSPS) is 18.5. The molecule has 11 heavy (non-hydrogen) atoms. The van der Waals surface area contributed by atoms with Gasteiger partial charge in [0, 0.05) is 18.9 Å². The van der Waals surface area contributed by atoms with Crippen LogP contribution in [-0.4, -0.2) is 11.9 Å². The van der Waals surface area contributed by atoms with Gasteiger partial charge in [-0.3, -0.25) is 0 Å². The summed E-state index contributed by atoms with van der Waals surface area (Å²) in [4.78, 5) is 2.16. The van der Waals surface area contributed by atoms with Gasteiger partial charge in [-0.25, -0.2) is 0 Å². The van der Waals surface area contributed by atoms with Gasteiger partial charge in [0.15, 0.2) is 0 Å². The van der Waals surface area contributed by atoms with E-state index in [1.165, 1.54) is 16.8 Å². The number of hydrogen-bond donors (Lipinski definition) is 0. The highest BCUT2D eigenvalue weighted by atomic mass is 15.1. The summed E-state index contributed by atoms with van der Waals surface area (Å²) in [6.45, 7) is 6.38. The highest BCUT2D eigenvalue weighted by molar-refractivity contribution is 5.32. The summed E-state index contributed by atoms with van der Waals surface area (Å²) >= 11 is 0. The van der Waals surface area contributed by atoms with Crippen LogP contribution >= 0.6 is 0 Å². The van der Waals surface area contributed by atoms with Crippen molar-refractivity contribution in [1.82, 2.24) is 4.90 Å². The minimum Gasteiger partial charge on any atom is -0.354 e. The van der Waals surface area contributed by atoms with Crippen LogP contribution in [0.4, 0.5) is 0 Å². The third-order valence-corrected chi connectivity index (χ3v) is 2.09. The Morgan fingerprint density at radius 3 is 2.36 bits per heavy atom. The van der Waals surface area contributed by atoms with Crippen LogP contribution in [0.2, 0.25) is 0 Å². The first kappa shape index (κ1) is 8.12. The molecule has 60 valence electrons. The lowest BCUT2D eigenvalue weighted by Crippen LogP contribution is -2.08. The van der Waals surface area contributed by atoms with Crippen LogP contribution in [0.15, 0.2) is 35.2 Å². The molecule has 0 saturated carbocycles. The van der Waals surface area contributed by atoms with Gasteiger partial charge in [-0.2, -0.15) is 0 Å². The van der Waals surface area contributed by atoms with Gasteiger partial charge in [0.25, 0.3) is 0 Å². The van der Waals surface area contributed by atoms with Crippen LogP contribution in [0.5, 0.6) is 0 Å². The van der Waals surface area contributed by atoms with Crippen molar-refractivity contribution in [1.29, 1.82) is 0 Å². The molecule has 0 aliphatic carbocycles. The van der Waals surface area contributed by atoms with Gasteiger partial charge >= 0.3 is 0 Å². The number of rotatable bonds is 0. The Balaban J connectivity index is 3.02. The second kappa shape index (κ2) is 2.95. The molecule has 0 amide bonds. The summed E-state index contributed by atoms with van der Waals surface area (Å²) in [7, 11) is 2.08. The average Bonchev–Trinajstić information content (AvgIpc) is 2.05. The third kappa shape index (κ3) is 1.73. The molecule has 0 aromatic heterocycles. The number of hydrogen-bond acceptors (Lipinski definition) is 1. The van der Waals surface area contributed by atoms with Crippen molar-refractivity contribution >= 4 is 0 Å². The third-order valence-electron chi connectivity index (χ3n) is 2.09. The Hall–Kier alpha value is -0.980. The minimum atomic E-state index is 1.30. The zero-order valence-electron chi connectivity index (χ0n) is 7.68. The van der Waals surface area contributed by atoms with Crippen molar-refractivity contribution < 1.29 is 0 Å². The molecule has 0 fully saturated rings. The first-order valence-electron chi connectivity index (χ1n) is 3.88. The Labute approximate surface area is 68.7 Å². The molecular formula is C10H15N. The number of nitrogens with zero attached hydrogens (tertiary/aromatic N) is 1. The summed E-state index contributed by atoms with van der Waals surface area (Å²) in [5.41, 5.74) is 3.95. The molecule has 0 spiro atoms. The Morgan fingerprint density at radius 2 is 1.73 bits per heavy atom. The average molecular weight is 149 g/mol. The van der Waals surface area contributed by atoms with Crippen molar-refractivity contribution in [2.45, 2.75) is 20.8 Å². The van der Waals surface area contributed by atoms with Crippen molar-refractivity contribution in [3.05, 3.63) is 35.2 Å². The van der Waals surface area contributed by atoms with Crippen LogP contribution in [0.1, 0.15) is 20.8 Å². The van der Waals surface area contributed by atoms with Crippen LogP contribution in [0, 0.1) is 0 Å². The van der Waals surface area contributed by atoms with Crippen molar-refractivity contribution in [2.24, 2.45) is 0 Å². The molecule has 1 aliphatic rings. The predicted molar refractivity (Wildman–Crippen MR) is 49.0 cm³/mol. The monoisotopic (exact) mass is 149 g/mol. The lowest BCUT2D eigenvalue weighted by Gasteiger charge is -2.15. The molecule has 0 bridgehead atoms. The van der Waals surface area contributed by atoms with E-state index in [1.807, 2.05) is 0 Å². The second-order valence-corrected chi connectivity index (χ2v) is 3.09. The molecule has 0 N–H and O–H groups in total. The maximum atomic E-state index is 2.16. The SMILES string of the molecule is CC1=CN(C)C(C)=C(C)C=C1. The van der Waals surface area contributed by atoms with Gasteiger partial charge in [0.2, 0.25) is 0 Å². The van der Waals surface area contributed by atoms with Gasteiger partial charge in [-0.1, -0.05) is 12.2 Å². The molecule has 0 aromatic rings. The van der Waals surface area contributed by atoms with Crippen molar-refractivity contribution in [3.8, 4) is 0 Å². The van der Waals surface area contributed by atoms with E-state index in [1.54, 1.807) is 0 Å². The molecule has 0 unspecified atom stereocenters. The maximum absolute atomic E-state index is 2.16. The summed E-state index contributed by atoms with van der Waals surface area (Å²) in [5.74, 6) is 0. The first-order valence-corrected chi connectivity index (χ1v) is 3.88. The molecule has 1 heteroatoms. The summed E-state index contributed by atoms with van der Waals surface area (Å²) in [5, 5.41) is 0. The van der Waals surface area contributed by atoms with Gasteiger partial charge in [-0.05, 0) is 31.9 Å². The molecule has 1 aliphatic heterocycles. The van der Waals surface area contributed by atoms with E-state index in [4.69, 9.17) is 0 Å². The van der Waals surface area contributed by atoms with Gasteiger partial charge in [0.05, 0.1) is 0 Å². The van der Waals surface area contributed by atoms with E-state index in [2.05, 4.69) is 51.1 Å². The first-order chi connectivity index (χ1) is 5.11. The molecular weight excluding hydrogens is 134 g/mol. The lowest BCUT2D eigenvalue weighted by molar-refractivity contribution is 0.562. The molecule has 1 heterocycles. The fourth-order valence-corrected chi connectivity index (χ4v) is 1.10. The second-order valence-electron chi connectivity index (χ2n) is 3.09. The standard InChI is InChI=1S/C10H15N/c1-8-5-6-9(2)10(3)11(4)7-8/h5-7H,1-4H3. The van der Waals surface area contributed by atoms with E-state index in [0.717, 1.165) is 0 Å². The largest absolute Gasteiger partial charge is 0.354 e. The molecule has 0 aromatic carbocycles.